The standard InChI is InChI=1S/C18H27O/c1-3-5-7-9-11-17-12-14-18(15-13-17)19-16-10-8-6-4-2/h3,5,12-15H,1,4,6-11,16H2,2H3/b5-3+. The number of allylic oxidation sites excluding steroid dienone is 2. The second kappa shape index (κ2) is 10.7. The summed E-state index contributed by atoms with van der Waals surface area (Å²) in [6.07, 6.45) is 12.4. The zero-order valence-electron chi connectivity index (χ0n) is 12.2. The van der Waals surface area contributed by atoms with Crippen LogP contribution in [-0.4, -0.2) is 6.61 Å². The van der Waals surface area contributed by atoms with Gasteiger partial charge >= 0.3 is 0 Å². The van der Waals surface area contributed by atoms with Gasteiger partial charge in [0.2, 0.25) is 0 Å². The summed E-state index contributed by atoms with van der Waals surface area (Å²) in [6.45, 7) is 6.76. The van der Waals surface area contributed by atoms with Crippen molar-refractivity contribution in [3.8, 4) is 5.75 Å². The van der Waals surface area contributed by atoms with Gasteiger partial charge in [-0.3, -0.25) is 0 Å². The number of hydrogen-bond donors (Lipinski definition) is 0. The van der Waals surface area contributed by atoms with Crippen LogP contribution in [0.3, 0.4) is 0 Å². The summed E-state index contributed by atoms with van der Waals surface area (Å²) < 4.78 is 5.73. The lowest BCUT2D eigenvalue weighted by Gasteiger charge is -2.07. The normalized spacial score (nSPS) is 11.1. The van der Waals surface area contributed by atoms with Gasteiger partial charge in [0.25, 0.3) is 0 Å². The van der Waals surface area contributed by atoms with Gasteiger partial charge in [0, 0.05) is 0 Å². The molecule has 0 aromatic heterocycles. The Labute approximate surface area is 118 Å². The van der Waals surface area contributed by atoms with E-state index in [9.17, 15) is 0 Å². The monoisotopic (exact) mass is 259 g/mol. The molecule has 0 aliphatic heterocycles. The highest BCUT2D eigenvalue weighted by molar-refractivity contribution is 5.27. The first-order chi connectivity index (χ1) is 9.36. The lowest BCUT2D eigenvalue weighted by Crippen LogP contribution is -1.97. The van der Waals surface area contributed by atoms with Crippen LogP contribution in [0.15, 0.2) is 36.4 Å². The van der Waals surface area contributed by atoms with Crippen molar-refractivity contribution in [2.45, 2.75) is 51.9 Å². The van der Waals surface area contributed by atoms with Gasteiger partial charge in [-0.15, -0.1) is 0 Å². The molecule has 0 N–H and O–H groups in total. The number of unbranched alkanes of at least 4 members (excludes halogenated alkanes) is 4. The maximum Gasteiger partial charge on any atom is 0.119 e. The van der Waals surface area contributed by atoms with Crippen LogP contribution >= 0.6 is 0 Å². The fraction of sp³-hybridized carbons (Fsp3) is 0.500. The Morgan fingerprint density at radius 3 is 2.53 bits per heavy atom. The Bertz CT molecular complexity index is 337. The summed E-state index contributed by atoms with van der Waals surface area (Å²) in [5.41, 5.74) is 1.38. The van der Waals surface area contributed by atoms with E-state index in [0.29, 0.717) is 0 Å². The molecule has 0 unspecified atom stereocenters. The molecule has 0 atom stereocenters. The number of benzene rings is 1. The van der Waals surface area contributed by atoms with Gasteiger partial charge in [-0.2, -0.15) is 0 Å². The predicted octanol–water partition coefficient (Wildman–Crippen LogP) is 5.36. The van der Waals surface area contributed by atoms with E-state index < -0.39 is 0 Å². The summed E-state index contributed by atoms with van der Waals surface area (Å²) in [4.78, 5) is 0. The van der Waals surface area contributed by atoms with Crippen LogP contribution in [0.4, 0.5) is 0 Å². The lowest BCUT2D eigenvalue weighted by atomic mass is 10.1. The Kier molecular flexibility index (Phi) is 8.87. The van der Waals surface area contributed by atoms with Crippen molar-refractivity contribution in [1.29, 1.82) is 0 Å². The molecule has 0 bridgehead atoms. The van der Waals surface area contributed by atoms with E-state index in [1.807, 2.05) is 6.08 Å². The molecular formula is C18H27O. The fourth-order valence-electron chi connectivity index (χ4n) is 2.01. The average Bonchev–Trinajstić information content (AvgIpc) is 2.45. The van der Waals surface area contributed by atoms with Gasteiger partial charge in [-0.1, -0.05) is 50.5 Å². The van der Waals surface area contributed by atoms with Crippen molar-refractivity contribution in [2.24, 2.45) is 0 Å². The van der Waals surface area contributed by atoms with E-state index in [-0.39, 0.29) is 0 Å². The molecule has 1 radical (unpaired) electrons. The van der Waals surface area contributed by atoms with E-state index in [0.717, 1.165) is 31.6 Å². The molecule has 1 aromatic carbocycles. The molecule has 19 heavy (non-hydrogen) atoms. The van der Waals surface area contributed by atoms with Gasteiger partial charge in [-0.25, -0.2) is 0 Å². The van der Waals surface area contributed by atoms with Gasteiger partial charge in [0.1, 0.15) is 5.75 Å². The van der Waals surface area contributed by atoms with E-state index in [2.05, 4.69) is 44.2 Å². The highest BCUT2D eigenvalue weighted by Gasteiger charge is 1.96. The van der Waals surface area contributed by atoms with E-state index in [4.69, 9.17) is 4.74 Å². The number of aryl methyl sites for hydroxylation is 1. The molecule has 0 aliphatic rings. The summed E-state index contributed by atoms with van der Waals surface area (Å²) in [6, 6.07) is 8.53. The fourth-order valence-corrected chi connectivity index (χ4v) is 2.01. The molecule has 1 heteroatoms. The Morgan fingerprint density at radius 1 is 1.05 bits per heavy atom. The van der Waals surface area contributed by atoms with Crippen LogP contribution in [0.2, 0.25) is 0 Å². The van der Waals surface area contributed by atoms with E-state index in [1.54, 1.807) is 0 Å². The third kappa shape index (κ3) is 7.71. The highest BCUT2D eigenvalue weighted by atomic mass is 16.5. The molecule has 0 heterocycles. The summed E-state index contributed by atoms with van der Waals surface area (Å²) in [7, 11) is 0. The smallest absolute Gasteiger partial charge is 0.119 e. The van der Waals surface area contributed by atoms with E-state index in [1.165, 1.54) is 31.2 Å². The first-order valence-electron chi connectivity index (χ1n) is 7.52. The molecule has 0 spiro atoms. The Balaban J connectivity index is 2.19. The minimum atomic E-state index is 0.841. The van der Waals surface area contributed by atoms with Crippen LogP contribution in [0.1, 0.15) is 51.0 Å². The minimum Gasteiger partial charge on any atom is -0.494 e. The summed E-state index contributed by atoms with van der Waals surface area (Å²) in [5, 5.41) is 0. The lowest BCUT2D eigenvalue weighted by molar-refractivity contribution is 0.305. The Morgan fingerprint density at radius 2 is 1.84 bits per heavy atom. The first-order valence-corrected chi connectivity index (χ1v) is 7.52. The molecular weight excluding hydrogens is 232 g/mol. The highest BCUT2D eigenvalue weighted by Crippen LogP contribution is 2.14. The second-order valence-corrected chi connectivity index (χ2v) is 4.92. The molecule has 0 aliphatic carbocycles. The number of rotatable bonds is 10. The van der Waals surface area contributed by atoms with Crippen LogP contribution in [0.25, 0.3) is 0 Å². The van der Waals surface area contributed by atoms with Crippen molar-refractivity contribution in [2.75, 3.05) is 6.61 Å². The van der Waals surface area contributed by atoms with E-state index >= 15 is 0 Å². The van der Waals surface area contributed by atoms with Crippen LogP contribution in [0.5, 0.6) is 5.75 Å². The topological polar surface area (TPSA) is 9.23 Å². The Hall–Kier alpha value is -1.24. The second-order valence-electron chi connectivity index (χ2n) is 4.92. The van der Waals surface area contributed by atoms with Gasteiger partial charge < -0.3 is 4.74 Å². The molecule has 0 saturated carbocycles. The third-order valence-electron chi connectivity index (χ3n) is 3.19. The molecule has 1 nitrogen and oxygen atoms in total. The van der Waals surface area contributed by atoms with Crippen LogP contribution in [-0.2, 0) is 6.42 Å². The van der Waals surface area contributed by atoms with Crippen LogP contribution in [0, 0.1) is 6.92 Å². The largest absolute Gasteiger partial charge is 0.494 e. The van der Waals surface area contributed by atoms with Crippen molar-refractivity contribution in [1.82, 2.24) is 0 Å². The molecule has 105 valence electrons. The zero-order chi connectivity index (χ0) is 13.8. The SMILES string of the molecule is [CH2]/C=C/CCCc1ccc(OCCCCCC)cc1. The summed E-state index contributed by atoms with van der Waals surface area (Å²) in [5.74, 6) is 0.998. The summed E-state index contributed by atoms with van der Waals surface area (Å²) >= 11 is 0. The minimum absolute atomic E-state index is 0.841. The van der Waals surface area contributed by atoms with Gasteiger partial charge in [-0.05, 0) is 50.3 Å². The van der Waals surface area contributed by atoms with Gasteiger partial charge in [0.05, 0.1) is 6.61 Å². The molecule has 0 saturated heterocycles. The molecule has 0 amide bonds. The van der Waals surface area contributed by atoms with Crippen LogP contribution < -0.4 is 4.74 Å². The van der Waals surface area contributed by atoms with Crippen molar-refractivity contribution >= 4 is 0 Å². The van der Waals surface area contributed by atoms with Crippen molar-refractivity contribution in [3.63, 3.8) is 0 Å². The molecule has 1 aromatic rings. The predicted molar refractivity (Wildman–Crippen MR) is 83.5 cm³/mol. The average molecular weight is 259 g/mol. The van der Waals surface area contributed by atoms with Gasteiger partial charge in [0.15, 0.2) is 0 Å². The molecule has 1 rings (SSSR count). The molecule has 0 fully saturated rings. The number of hydrogen-bond acceptors (Lipinski definition) is 1. The quantitative estimate of drug-likeness (QED) is 0.514. The zero-order valence-corrected chi connectivity index (χ0v) is 12.2. The number of ether oxygens (including phenoxy) is 1. The maximum absolute atomic E-state index is 5.73. The third-order valence-corrected chi connectivity index (χ3v) is 3.19. The van der Waals surface area contributed by atoms with Crippen molar-refractivity contribution in [3.05, 3.63) is 48.9 Å². The maximum atomic E-state index is 5.73. The first kappa shape index (κ1) is 15.8. The van der Waals surface area contributed by atoms with Crippen molar-refractivity contribution < 1.29 is 4.74 Å².